The fraction of sp³-hybridized carbons (Fsp3) is 0.423. The lowest BCUT2D eigenvalue weighted by atomic mass is 10.1. The van der Waals surface area contributed by atoms with Gasteiger partial charge in [-0.25, -0.2) is 33.3 Å². The quantitative estimate of drug-likeness (QED) is 0.310. The van der Waals surface area contributed by atoms with Crippen LogP contribution in [-0.2, 0) is 22.9 Å². The first-order valence-corrected chi connectivity index (χ1v) is 14.5. The third-order valence-electron chi connectivity index (χ3n) is 6.61. The van der Waals surface area contributed by atoms with E-state index in [1.54, 1.807) is 24.7 Å². The summed E-state index contributed by atoms with van der Waals surface area (Å²) in [6.07, 6.45) is 5.58. The van der Waals surface area contributed by atoms with Crippen molar-refractivity contribution in [1.82, 2.24) is 34.5 Å². The lowest BCUT2D eigenvalue weighted by molar-refractivity contribution is 0.397. The normalized spacial score (nSPS) is 13.5. The number of rotatable bonds is 10. The summed E-state index contributed by atoms with van der Waals surface area (Å²) in [5.74, 6) is 1.24. The van der Waals surface area contributed by atoms with E-state index >= 15 is 0 Å². The summed E-state index contributed by atoms with van der Waals surface area (Å²) in [4.78, 5) is 40.8. The van der Waals surface area contributed by atoms with E-state index in [0.29, 0.717) is 58.7 Å². The summed E-state index contributed by atoms with van der Waals surface area (Å²) < 4.78 is 31.3. The number of sulfone groups is 1. The monoisotopic (exact) mass is 550 g/mol. The van der Waals surface area contributed by atoms with E-state index in [1.165, 1.54) is 18.6 Å². The molecule has 0 amide bonds. The average Bonchev–Trinajstić information content (AvgIpc) is 3.79. The van der Waals surface area contributed by atoms with Crippen molar-refractivity contribution in [3.05, 3.63) is 52.1 Å². The highest BCUT2D eigenvalue weighted by atomic mass is 32.2. The number of pyridine rings is 1. The molecule has 5 rings (SSSR count). The molecule has 4 heterocycles. The van der Waals surface area contributed by atoms with Gasteiger partial charge in [-0.15, -0.1) is 0 Å². The second-order valence-corrected chi connectivity index (χ2v) is 11.7. The van der Waals surface area contributed by atoms with Gasteiger partial charge in [0.05, 0.1) is 41.4 Å². The Morgan fingerprint density at radius 1 is 1.10 bits per heavy atom. The predicted molar refractivity (Wildman–Crippen MR) is 145 cm³/mol. The standard InChI is InChI=1S/C26H30N8O4S/c1-5-11-34-24-20(15(3)31-22(33-24)19-21(16-7-8-16)29-14-30-25(19)38-4)32-23(26(34)35)28-12-17-9-10-18(13-27-17)39(36,37)6-2/h9-10,13-14,16H,5-8,11-12H2,1-4H3,(H,28,32). The molecular formula is C26H30N8O4S. The molecule has 1 N–H and O–H groups in total. The predicted octanol–water partition coefficient (Wildman–Crippen LogP) is 3.05. The zero-order valence-electron chi connectivity index (χ0n) is 22.3. The van der Waals surface area contributed by atoms with Crippen LogP contribution in [0.25, 0.3) is 22.6 Å². The van der Waals surface area contributed by atoms with Crippen LogP contribution < -0.4 is 15.6 Å². The maximum Gasteiger partial charge on any atom is 0.294 e. The summed E-state index contributed by atoms with van der Waals surface area (Å²) in [6, 6.07) is 3.14. The molecular weight excluding hydrogens is 520 g/mol. The number of ether oxygens (including phenoxy) is 1. The minimum atomic E-state index is -3.34. The Morgan fingerprint density at radius 2 is 1.90 bits per heavy atom. The van der Waals surface area contributed by atoms with Gasteiger partial charge < -0.3 is 10.1 Å². The number of methoxy groups -OCH3 is 1. The van der Waals surface area contributed by atoms with Crippen LogP contribution >= 0.6 is 0 Å². The molecule has 0 saturated heterocycles. The molecule has 1 aliphatic rings. The van der Waals surface area contributed by atoms with E-state index < -0.39 is 9.84 Å². The molecule has 0 spiro atoms. The Hall–Kier alpha value is -4.00. The number of aryl methyl sites for hydroxylation is 2. The topological polar surface area (TPSA) is 155 Å². The number of anilines is 1. The first-order valence-electron chi connectivity index (χ1n) is 12.9. The minimum Gasteiger partial charge on any atom is -0.480 e. The van der Waals surface area contributed by atoms with Crippen molar-refractivity contribution in [2.45, 2.75) is 63.9 Å². The summed E-state index contributed by atoms with van der Waals surface area (Å²) >= 11 is 0. The number of hydrogen-bond donors (Lipinski definition) is 1. The molecule has 0 atom stereocenters. The SMILES string of the molecule is CCCn1c(=O)c(NCc2ccc(S(=O)(=O)CC)cn2)nc2c(C)nc(-c3c(OC)ncnc3C3CC3)nc21. The Kier molecular flexibility index (Phi) is 7.25. The van der Waals surface area contributed by atoms with E-state index in [-0.39, 0.29) is 28.6 Å². The number of aromatic nitrogens is 7. The fourth-order valence-corrected chi connectivity index (χ4v) is 5.19. The summed E-state index contributed by atoms with van der Waals surface area (Å²) in [7, 11) is -1.79. The van der Waals surface area contributed by atoms with Gasteiger partial charge in [0.2, 0.25) is 5.88 Å². The first kappa shape index (κ1) is 26.6. The van der Waals surface area contributed by atoms with E-state index in [1.807, 2.05) is 13.8 Å². The molecule has 1 saturated carbocycles. The molecule has 4 aromatic rings. The van der Waals surface area contributed by atoms with Gasteiger partial charge in [0.15, 0.2) is 27.1 Å². The number of fused-ring (bicyclic) bond motifs is 1. The van der Waals surface area contributed by atoms with Gasteiger partial charge in [-0.3, -0.25) is 14.3 Å². The highest BCUT2D eigenvalue weighted by Gasteiger charge is 2.32. The Labute approximate surface area is 225 Å². The lowest BCUT2D eigenvalue weighted by Crippen LogP contribution is -2.27. The van der Waals surface area contributed by atoms with E-state index in [4.69, 9.17) is 14.7 Å². The van der Waals surface area contributed by atoms with Crippen LogP contribution in [0.1, 0.15) is 56.1 Å². The zero-order chi connectivity index (χ0) is 27.7. The molecule has 0 aliphatic heterocycles. The molecule has 39 heavy (non-hydrogen) atoms. The first-order chi connectivity index (χ1) is 18.8. The zero-order valence-corrected chi connectivity index (χ0v) is 23.1. The lowest BCUT2D eigenvalue weighted by Gasteiger charge is -2.15. The van der Waals surface area contributed by atoms with Crippen LogP contribution in [0.5, 0.6) is 5.88 Å². The van der Waals surface area contributed by atoms with Gasteiger partial charge in [0, 0.05) is 18.7 Å². The van der Waals surface area contributed by atoms with Crippen LogP contribution in [0.3, 0.4) is 0 Å². The van der Waals surface area contributed by atoms with Crippen molar-refractivity contribution in [1.29, 1.82) is 0 Å². The van der Waals surface area contributed by atoms with Gasteiger partial charge in [0.1, 0.15) is 17.4 Å². The highest BCUT2D eigenvalue weighted by Crippen LogP contribution is 2.45. The third-order valence-corrected chi connectivity index (χ3v) is 8.33. The Balaban J connectivity index is 1.55. The average molecular weight is 551 g/mol. The van der Waals surface area contributed by atoms with Crippen molar-refractivity contribution >= 4 is 26.8 Å². The second-order valence-electron chi connectivity index (χ2n) is 9.38. The van der Waals surface area contributed by atoms with Gasteiger partial charge in [0.25, 0.3) is 5.56 Å². The summed E-state index contributed by atoms with van der Waals surface area (Å²) in [5, 5.41) is 3.06. The largest absolute Gasteiger partial charge is 0.480 e. The number of nitrogens with zero attached hydrogens (tertiary/aromatic N) is 7. The van der Waals surface area contributed by atoms with Gasteiger partial charge >= 0.3 is 0 Å². The summed E-state index contributed by atoms with van der Waals surface area (Å²) in [5.41, 5.74) is 3.26. The van der Waals surface area contributed by atoms with Gasteiger partial charge in [-0.1, -0.05) is 13.8 Å². The van der Waals surface area contributed by atoms with Crippen LogP contribution in [0.15, 0.2) is 34.3 Å². The molecule has 1 aliphatic carbocycles. The number of nitrogens with one attached hydrogen (secondary N) is 1. The molecule has 4 aromatic heterocycles. The smallest absolute Gasteiger partial charge is 0.294 e. The Morgan fingerprint density at radius 3 is 2.54 bits per heavy atom. The van der Waals surface area contributed by atoms with Crippen LogP contribution in [0, 0.1) is 6.92 Å². The molecule has 12 nitrogen and oxygen atoms in total. The van der Waals surface area contributed by atoms with Crippen LogP contribution in [0.2, 0.25) is 0 Å². The molecule has 1 fully saturated rings. The minimum absolute atomic E-state index is 0.000630. The molecule has 0 aromatic carbocycles. The van der Waals surface area contributed by atoms with E-state index in [9.17, 15) is 13.2 Å². The maximum absolute atomic E-state index is 13.5. The Bertz CT molecular complexity index is 1700. The maximum atomic E-state index is 13.5. The molecule has 0 unspecified atom stereocenters. The number of hydrogen-bond acceptors (Lipinski definition) is 11. The molecule has 0 radical (unpaired) electrons. The van der Waals surface area contributed by atoms with Gasteiger partial charge in [-0.2, -0.15) is 0 Å². The fourth-order valence-electron chi connectivity index (χ4n) is 4.37. The molecule has 0 bridgehead atoms. The second kappa shape index (κ2) is 10.6. The van der Waals surface area contributed by atoms with E-state index in [0.717, 1.165) is 18.5 Å². The van der Waals surface area contributed by atoms with Gasteiger partial charge in [-0.05, 0) is 38.3 Å². The van der Waals surface area contributed by atoms with Crippen molar-refractivity contribution in [3.63, 3.8) is 0 Å². The molecule has 204 valence electrons. The third kappa shape index (κ3) is 5.18. The highest BCUT2D eigenvalue weighted by molar-refractivity contribution is 7.91. The van der Waals surface area contributed by atoms with Crippen molar-refractivity contribution in [2.24, 2.45) is 0 Å². The van der Waals surface area contributed by atoms with Crippen molar-refractivity contribution in [2.75, 3.05) is 18.2 Å². The van der Waals surface area contributed by atoms with Crippen molar-refractivity contribution in [3.8, 4) is 17.3 Å². The van der Waals surface area contributed by atoms with Crippen molar-refractivity contribution < 1.29 is 13.2 Å². The summed E-state index contributed by atoms with van der Waals surface area (Å²) in [6.45, 7) is 6.01. The van der Waals surface area contributed by atoms with Crippen LogP contribution in [-0.4, -0.2) is 55.8 Å². The van der Waals surface area contributed by atoms with Crippen LogP contribution in [0.4, 0.5) is 5.82 Å². The molecule has 13 heteroatoms. The van der Waals surface area contributed by atoms with E-state index in [2.05, 4.69) is 25.3 Å².